The molecule has 0 radical (unpaired) electrons. The third-order valence-electron chi connectivity index (χ3n) is 3.76. The molecule has 0 spiro atoms. The van der Waals surface area contributed by atoms with Crippen molar-refractivity contribution >= 4 is 23.2 Å². The number of imide groups is 1. The highest BCUT2D eigenvalue weighted by Gasteiger charge is 2.34. The predicted octanol–water partition coefficient (Wildman–Crippen LogP) is 2.07. The molecule has 1 aliphatic heterocycles. The second-order valence-electron chi connectivity index (χ2n) is 5.23. The summed E-state index contributed by atoms with van der Waals surface area (Å²) in [6.07, 6.45) is 1.33. The lowest BCUT2D eigenvalue weighted by atomic mass is 10.2. The van der Waals surface area contributed by atoms with E-state index in [1.54, 1.807) is 54.4 Å². The number of benzene rings is 2. The van der Waals surface area contributed by atoms with Crippen molar-refractivity contribution in [1.82, 2.24) is 0 Å². The molecular formula is C18H16N2O3. The van der Waals surface area contributed by atoms with Crippen molar-refractivity contribution in [3.8, 4) is 0 Å². The maximum absolute atomic E-state index is 12.6. The van der Waals surface area contributed by atoms with Crippen molar-refractivity contribution in [3.63, 3.8) is 0 Å². The number of nitrogens with zero attached hydrogens (tertiary/aromatic N) is 2. The Kier molecular flexibility index (Phi) is 3.95. The number of hydrogen-bond acceptors (Lipinski definition) is 4. The van der Waals surface area contributed by atoms with E-state index in [2.05, 4.69) is 0 Å². The first-order chi connectivity index (χ1) is 11.1. The molecule has 5 heteroatoms. The molecular weight excluding hydrogens is 292 g/mol. The minimum Gasteiger partial charge on any atom is -0.392 e. The van der Waals surface area contributed by atoms with Crippen molar-refractivity contribution in [1.29, 1.82) is 0 Å². The summed E-state index contributed by atoms with van der Waals surface area (Å²) in [6, 6.07) is 16.0. The number of rotatable bonds is 4. The third-order valence-corrected chi connectivity index (χ3v) is 3.76. The van der Waals surface area contributed by atoms with Crippen LogP contribution in [0.1, 0.15) is 5.56 Å². The normalized spacial score (nSPS) is 14.2. The van der Waals surface area contributed by atoms with Gasteiger partial charge in [-0.15, -0.1) is 0 Å². The van der Waals surface area contributed by atoms with Gasteiger partial charge in [0.25, 0.3) is 11.8 Å². The predicted molar refractivity (Wildman–Crippen MR) is 87.8 cm³/mol. The lowest BCUT2D eigenvalue weighted by Gasteiger charge is -2.21. The summed E-state index contributed by atoms with van der Waals surface area (Å²) in [5.74, 6) is -0.723. The van der Waals surface area contributed by atoms with Gasteiger partial charge in [-0.25, -0.2) is 4.90 Å². The van der Waals surface area contributed by atoms with E-state index in [9.17, 15) is 14.7 Å². The molecule has 1 heterocycles. The number of likely N-dealkylation sites (N-methyl/N-ethyl adjacent to an activating group) is 1. The van der Waals surface area contributed by atoms with Gasteiger partial charge in [0.15, 0.2) is 0 Å². The van der Waals surface area contributed by atoms with Gasteiger partial charge >= 0.3 is 0 Å². The quantitative estimate of drug-likeness (QED) is 0.879. The van der Waals surface area contributed by atoms with Gasteiger partial charge in [0.05, 0.1) is 12.3 Å². The third kappa shape index (κ3) is 2.74. The van der Waals surface area contributed by atoms with Gasteiger partial charge < -0.3 is 10.0 Å². The highest BCUT2D eigenvalue weighted by molar-refractivity contribution is 6.31. The zero-order chi connectivity index (χ0) is 16.4. The topological polar surface area (TPSA) is 60.9 Å². The van der Waals surface area contributed by atoms with Crippen LogP contribution in [0.2, 0.25) is 0 Å². The van der Waals surface area contributed by atoms with Crippen molar-refractivity contribution in [2.75, 3.05) is 16.8 Å². The largest absolute Gasteiger partial charge is 0.392 e. The molecule has 2 aromatic carbocycles. The van der Waals surface area contributed by atoms with Crippen LogP contribution in [-0.4, -0.2) is 24.0 Å². The van der Waals surface area contributed by atoms with Crippen LogP contribution in [0.25, 0.3) is 0 Å². The highest BCUT2D eigenvalue weighted by atomic mass is 16.3. The number of para-hydroxylation sites is 1. The fourth-order valence-corrected chi connectivity index (χ4v) is 2.52. The summed E-state index contributed by atoms with van der Waals surface area (Å²) >= 11 is 0. The van der Waals surface area contributed by atoms with Crippen molar-refractivity contribution in [2.24, 2.45) is 0 Å². The number of aliphatic hydroxyl groups excluding tert-OH is 1. The van der Waals surface area contributed by atoms with E-state index in [1.807, 2.05) is 12.1 Å². The maximum Gasteiger partial charge on any atom is 0.282 e. The SMILES string of the molecule is CN(C1=CC(=O)N(c2ccccc2)C1=O)c1cccc(CO)c1. The molecule has 116 valence electrons. The van der Waals surface area contributed by atoms with E-state index >= 15 is 0 Å². The average molecular weight is 308 g/mol. The van der Waals surface area contributed by atoms with Crippen LogP contribution in [0, 0.1) is 0 Å². The van der Waals surface area contributed by atoms with Crippen LogP contribution >= 0.6 is 0 Å². The van der Waals surface area contributed by atoms with Gasteiger partial charge in [0, 0.05) is 18.8 Å². The molecule has 0 fully saturated rings. The number of carbonyl (C=O) groups excluding carboxylic acids is 2. The van der Waals surface area contributed by atoms with Crippen LogP contribution < -0.4 is 9.80 Å². The molecule has 2 aromatic rings. The Morgan fingerprint density at radius 1 is 1.04 bits per heavy atom. The summed E-state index contributed by atoms with van der Waals surface area (Å²) in [7, 11) is 1.72. The van der Waals surface area contributed by atoms with E-state index in [-0.39, 0.29) is 18.4 Å². The van der Waals surface area contributed by atoms with Crippen LogP contribution in [0.4, 0.5) is 11.4 Å². The van der Waals surface area contributed by atoms with E-state index in [0.29, 0.717) is 11.4 Å². The summed E-state index contributed by atoms with van der Waals surface area (Å²) in [6.45, 7) is -0.0796. The number of carbonyl (C=O) groups is 2. The molecule has 0 aliphatic carbocycles. The van der Waals surface area contributed by atoms with Gasteiger partial charge in [-0.3, -0.25) is 9.59 Å². The van der Waals surface area contributed by atoms with E-state index < -0.39 is 0 Å². The Labute approximate surface area is 134 Å². The summed E-state index contributed by atoms with van der Waals surface area (Å²) < 4.78 is 0. The second kappa shape index (κ2) is 6.06. The standard InChI is InChI=1S/C18H16N2O3/c1-19(15-9-5-6-13(10-15)12-21)16-11-17(22)20(18(16)23)14-7-3-2-4-8-14/h2-11,21H,12H2,1H3. The minimum absolute atomic E-state index is 0.0796. The number of anilines is 2. The smallest absolute Gasteiger partial charge is 0.282 e. The monoisotopic (exact) mass is 308 g/mol. The van der Waals surface area contributed by atoms with E-state index in [1.165, 1.54) is 6.08 Å². The highest BCUT2D eigenvalue weighted by Crippen LogP contribution is 2.27. The minimum atomic E-state index is -0.363. The first kappa shape index (κ1) is 15.0. The Hall–Kier alpha value is -2.92. The summed E-state index contributed by atoms with van der Waals surface area (Å²) in [4.78, 5) is 27.7. The lowest BCUT2D eigenvalue weighted by molar-refractivity contribution is -0.120. The number of amides is 2. The summed E-state index contributed by atoms with van der Waals surface area (Å²) in [5.41, 5.74) is 2.32. The molecule has 3 rings (SSSR count). The fraction of sp³-hybridized carbons (Fsp3) is 0.111. The zero-order valence-corrected chi connectivity index (χ0v) is 12.6. The molecule has 5 nitrogen and oxygen atoms in total. The molecule has 0 saturated carbocycles. The second-order valence-corrected chi connectivity index (χ2v) is 5.23. The molecule has 0 aromatic heterocycles. The maximum atomic E-state index is 12.6. The molecule has 2 amide bonds. The van der Waals surface area contributed by atoms with Crippen LogP contribution in [-0.2, 0) is 16.2 Å². The van der Waals surface area contributed by atoms with Crippen LogP contribution in [0.15, 0.2) is 66.4 Å². The zero-order valence-electron chi connectivity index (χ0n) is 12.6. The van der Waals surface area contributed by atoms with Crippen molar-refractivity contribution < 1.29 is 14.7 Å². The first-order valence-corrected chi connectivity index (χ1v) is 7.20. The Morgan fingerprint density at radius 2 is 1.78 bits per heavy atom. The molecule has 1 aliphatic rings. The molecule has 0 bridgehead atoms. The lowest BCUT2D eigenvalue weighted by Crippen LogP contribution is -2.34. The summed E-state index contributed by atoms with van der Waals surface area (Å²) in [5, 5.41) is 9.23. The van der Waals surface area contributed by atoms with Crippen molar-refractivity contribution in [2.45, 2.75) is 6.61 Å². The van der Waals surface area contributed by atoms with Crippen LogP contribution in [0.3, 0.4) is 0 Å². The van der Waals surface area contributed by atoms with E-state index in [0.717, 1.165) is 16.2 Å². The molecule has 23 heavy (non-hydrogen) atoms. The number of hydrogen-bond donors (Lipinski definition) is 1. The van der Waals surface area contributed by atoms with E-state index in [4.69, 9.17) is 0 Å². The van der Waals surface area contributed by atoms with Gasteiger partial charge in [-0.05, 0) is 29.8 Å². The van der Waals surface area contributed by atoms with Gasteiger partial charge in [0.1, 0.15) is 5.70 Å². The fourth-order valence-electron chi connectivity index (χ4n) is 2.52. The van der Waals surface area contributed by atoms with Crippen molar-refractivity contribution in [3.05, 3.63) is 71.9 Å². The number of aliphatic hydroxyl groups is 1. The Morgan fingerprint density at radius 3 is 2.48 bits per heavy atom. The Balaban J connectivity index is 1.90. The van der Waals surface area contributed by atoms with Gasteiger partial charge in [-0.1, -0.05) is 30.3 Å². The average Bonchev–Trinajstić information content (AvgIpc) is 2.89. The van der Waals surface area contributed by atoms with Crippen LogP contribution in [0.5, 0.6) is 0 Å². The Bertz CT molecular complexity index is 784. The molecule has 0 unspecified atom stereocenters. The molecule has 1 N–H and O–H groups in total. The van der Waals surface area contributed by atoms with Gasteiger partial charge in [-0.2, -0.15) is 0 Å². The first-order valence-electron chi connectivity index (χ1n) is 7.20. The van der Waals surface area contributed by atoms with Gasteiger partial charge in [0.2, 0.25) is 0 Å². The molecule has 0 atom stereocenters. The molecule has 0 saturated heterocycles.